The van der Waals surface area contributed by atoms with Crippen LogP contribution in [0.1, 0.15) is 77.0 Å². The normalized spacial score (nSPS) is 30.6. The van der Waals surface area contributed by atoms with Gasteiger partial charge >= 0.3 is 0 Å². The molecule has 0 bridgehead atoms. The van der Waals surface area contributed by atoms with Crippen molar-refractivity contribution in [1.82, 2.24) is 0 Å². The van der Waals surface area contributed by atoms with Crippen molar-refractivity contribution in [2.75, 3.05) is 0 Å². The zero-order valence-corrected chi connectivity index (χ0v) is 12.2. The van der Waals surface area contributed by atoms with Crippen LogP contribution in [0.15, 0.2) is 0 Å². The molecule has 0 N–H and O–H groups in total. The first-order chi connectivity index (χ1) is 8.76. The van der Waals surface area contributed by atoms with Crippen molar-refractivity contribution >= 4 is 11.8 Å². The fourth-order valence-corrected chi connectivity index (χ4v) is 6.54. The largest absolute Gasteiger partial charge is 0.197 e. The summed E-state index contributed by atoms with van der Waals surface area (Å²) in [5.41, 5.74) is 0.581. The lowest BCUT2D eigenvalue weighted by molar-refractivity contribution is 0.0879. The van der Waals surface area contributed by atoms with Gasteiger partial charge in [0.1, 0.15) is 4.75 Å². The maximum atomic E-state index is 9.61. The molecule has 100 valence electrons. The zero-order valence-electron chi connectivity index (χ0n) is 11.4. The quantitative estimate of drug-likeness (QED) is 0.695. The Balaban J connectivity index is 1.60. The highest BCUT2D eigenvalue weighted by Gasteiger charge is 2.55. The molecule has 3 rings (SSSR count). The third-order valence-electron chi connectivity index (χ3n) is 5.38. The Morgan fingerprint density at radius 3 is 2.06 bits per heavy atom. The van der Waals surface area contributed by atoms with Crippen molar-refractivity contribution in [3.05, 3.63) is 0 Å². The van der Waals surface area contributed by atoms with Crippen LogP contribution in [0.25, 0.3) is 0 Å². The SMILES string of the molecule is N#CC1(SC2CCCC2)CC2(CCCCCC2)C1. The summed E-state index contributed by atoms with van der Waals surface area (Å²) in [7, 11) is 0. The smallest absolute Gasteiger partial charge is 0.104 e. The molecule has 0 heterocycles. The predicted molar refractivity (Wildman–Crippen MR) is 77.6 cm³/mol. The minimum absolute atomic E-state index is 0.0132. The molecule has 0 unspecified atom stereocenters. The van der Waals surface area contributed by atoms with Crippen LogP contribution in [-0.2, 0) is 0 Å². The molecular formula is C16H25NS. The molecule has 0 aromatic carbocycles. The topological polar surface area (TPSA) is 23.8 Å². The van der Waals surface area contributed by atoms with E-state index in [0.717, 1.165) is 5.25 Å². The molecule has 3 saturated carbocycles. The summed E-state index contributed by atoms with van der Waals surface area (Å²) < 4.78 is 0.0132. The maximum absolute atomic E-state index is 9.61. The summed E-state index contributed by atoms with van der Waals surface area (Å²) in [6.07, 6.45) is 16.4. The van der Waals surface area contributed by atoms with Crippen LogP contribution in [0.2, 0.25) is 0 Å². The third kappa shape index (κ3) is 2.44. The number of nitriles is 1. The fraction of sp³-hybridized carbons (Fsp3) is 0.938. The average molecular weight is 263 g/mol. The highest BCUT2D eigenvalue weighted by atomic mass is 32.2. The molecule has 1 nitrogen and oxygen atoms in total. The number of rotatable bonds is 2. The molecule has 3 aliphatic carbocycles. The highest BCUT2D eigenvalue weighted by Crippen LogP contribution is 2.62. The van der Waals surface area contributed by atoms with E-state index >= 15 is 0 Å². The van der Waals surface area contributed by atoms with Crippen molar-refractivity contribution in [3.63, 3.8) is 0 Å². The van der Waals surface area contributed by atoms with Crippen LogP contribution in [0.3, 0.4) is 0 Å². The Morgan fingerprint density at radius 1 is 0.889 bits per heavy atom. The van der Waals surface area contributed by atoms with Crippen LogP contribution in [0.5, 0.6) is 0 Å². The molecule has 0 aromatic heterocycles. The van der Waals surface area contributed by atoms with Crippen molar-refractivity contribution < 1.29 is 0 Å². The molecule has 2 heteroatoms. The van der Waals surface area contributed by atoms with E-state index in [9.17, 15) is 5.26 Å². The molecule has 0 aromatic rings. The van der Waals surface area contributed by atoms with Gasteiger partial charge in [0, 0.05) is 5.25 Å². The van der Waals surface area contributed by atoms with Crippen molar-refractivity contribution in [2.45, 2.75) is 87.0 Å². The monoisotopic (exact) mass is 263 g/mol. The van der Waals surface area contributed by atoms with Crippen LogP contribution in [0, 0.1) is 16.7 Å². The fourth-order valence-electron chi connectivity index (χ4n) is 4.51. The minimum Gasteiger partial charge on any atom is -0.197 e. The summed E-state index contributed by atoms with van der Waals surface area (Å²) in [4.78, 5) is 0. The first-order valence-corrected chi connectivity index (χ1v) is 8.73. The molecule has 0 amide bonds. The molecule has 0 atom stereocenters. The van der Waals surface area contributed by atoms with E-state index in [2.05, 4.69) is 17.8 Å². The second-order valence-electron chi connectivity index (χ2n) is 6.90. The Labute approximate surface area is 116 Å². The molecule has 3 fully saturated rings. The van der Waals surface area contributed by atoms with E-state index in [1.54, 1.807) is 0 Å². The van der Waals surface area contributed by atoms with E-state index in [1.165, 1.54) is 77.0 Å². The first-order valence-electron chi connectivity index (χ1n) is 7.85. The van der Waals surface area contributed by atoms with Gasteiger partial charge in [0.05, 0.1) is 6.07 Å². The second-order valence-corrected chi connectivity index (χ2v) is 8.58. The summed E-state index contributed by atoms with van der Waals surface area (Å²) in [6.45, 7) is 0. The van der Waals surface area contributed by atoms with Gasteiger partial charge in [-0.2, -0.15) is 5.26 Å². The van der Waals surface area contributed by atoms with Crippen molar-refractivity contribution in [1.29, 1.82) is 5.26 Å². The van der Waals surface area contributed by atoms with Gasteiger partial charge in [-0.25, -0.2) is 0 Å². The number of hydrogen-bond acceptors (Lipinski definition) is 2. The van der Waals surface area contributed by atoms with Gasteiger partial charge in [-0.3, -0.25) is 0 Å². The van der Waals surface area contributed by atoms with E-state index < -0.39 is 0 Å². The summed E-state index contributed by atoms with van der Waals surface area (Å²) >= 11 is 2.05. The highest BCUT2D eigenvalue weighted by molar-refractivity contribution is 8.01. The van der Waals surface area contributed by atoms with Crippen molar-refractivity contribution in [2.24, 2.45) is 5.41 Å². The van der Waals surface area contributed by atoms with Gasteiger partial charge in [-0.1, -0.05) is 38.5 Å². The summed E-state index contributed by atoms with van der Waals surface area (Å²) in [6, 6.07) is 2.70. The molecular weight excluding hydrogens is 238 g/mol. The van der Waals surface area contributed by atoms with E-state index in [4.69, 9.17) is 0 Å². The minimum atomic E-state index is 0.0132. The van der Waals surface area contributed by atoms with Crippen LogP contribution in [-0.4, -0.2) is 10.00 Å². The maximum Gasteiger partial charge on any atom is 0.104 e. The van der Waals surface area contributed by atoms with Gasteiger partial charge in [0.25, 0.3) is 0 Å². The van der Waals surface area contributed by atoms with Gasteiger partial charge in [-0.05, 0) is 43.9 Å². The third-order valence-corrected chi connectivity index (χ3v) is 7.02. The number of nitrogens with zero attached hydrogens (tertiary/aromatic N) is 1. The lowest BCUT2D eigenvalue weighted by atomic mass is 9.58. The molecule has 0 aliphatic heterocycles. The van der Waals surface area contributed by atoms with Crippen LogP contribution < -0.4 is 0 Å². The average Bonchev–Trinajstić information content (AvgIpc) is 2.71. The van der Waals surface area contributed by atoms with Crippen LogP contribution >= 0.6 is 11.8 Å². The van der Waals surface area contributed by atoms with Gasteiger partial charge in [0.2, 0.25) is 0 Å². The molecule has 0 saturated heterocycles. The summed E-state index contributed by atoms with van der Waals surface area (Å²) in [5.74, 6) is 0. The van der Waals surface area contributed by atoms with Gasteiger partial charge < -0.3 is 0 Å². The second kappa shape index (κ2) is 5.08. The standard InChI is InChI=1S/C16H25NS/c17-13-16(18-14-7-3-4-8-14)11-15(12-16)9-5-1-2-6-10-15/h14H,1-12H2. The number of thioether (sulfide) groups is 1. The number of hydrogen-bond donors (Lipinski definition) is 0. The molecule has 1 spiro atoms. The Hall–Kier alpha value is -0.160. The van der Waals surface area contributed by atoms with Gasteiger partial charge in [0.15, 0.2) is 0 Å². The van der Waals surface area contributed by atoms with Crippen LogP contribution in [0.4, 0.5) is 0 Å². The Bertz CT molecular complexity index is 321. The molecule has 3 aliphatic rings. The Morgan fingerprint density at radius 2 is 1.50 bits per heavy atom. The summed E-state index contributed by atoms with van der Waals surface area (Å²) in [5, 5.41) is 10.4. The lowest BCUT2D eigenvalue weighted by Crippen LogP contribution is -2.49. The molecule has 18 heavy (non-hydrogen) atoms. The van der Waals surface area contributed by atoms with E-state index in [-0.39, 0.29) is 4.75 Å². The van der Waals surface area contributed by atoms with E-state index in [0.29, 0.717) is 5.41 Å². The lowest BCUT2D eigenvalue weighted by Gasteiger charge is -2.53. The predicted octanol–water partition coefficient (Wildman–Crippen LogP) is 5.06. The van der Waals surface area contributed by atoms with Crippen molar-refractivity contribution in [3.8, 4) is 6.07 Å². The Kier molecular flexibility index (Phi) is 3.63. The van der Waals surface area contributed by atoms with Gasteiger partial charge in [-0.15, -0.1) is 11.8 Å². The molecule has 0 radical (unpaired) electrons. The first kappa shape index (κ1) is 12.9. The zero-order chi connectivity index (χ0) is 12.5. The van der Waals surface area contributed by atoms with E-state index in [1.807, 2.05) is 0 Å².